The van der Waals surface area contributed by atoms with Crippen molar-refractivity contribution in [1.29, 1.82) is 0 Å². The SMILES string of the molecule is CC/C=C\C/C=C\C/C=C\C/C=C\C/C=C\CC(=O)NC(COC1OC(CO)C(OC2OC(CO)C(O)C(O)C2O)C(O)C1O)C(O)/C=C/CCCCCCCCCCCCCCCCCCCCCCCCC. The fourth-order valence-corrected chi connectivity index (χ4v) is 9.24. The van der Waals surface area contributed by atoms with Gasteiger partial charge in [-0.2, -0.15) is 0 Å². The van der Waals surface area contributed by atoms with Gasteiger partial charge in [-0.3, -0.25) is 4.79 Å². The van der Waals surface area contributed by atoms with Crippen LogP contribution >= 0.6 is 0 Å². The molecule has 2 aliphatic rings. The highest BCUT2D eigenvalue weighted by molar-refractivity contribution is 5.77. The zero-order valence-corrected chi connectivity index (χ0v) is 45.8. The minimum atomic E-state index is -1.80. The first-order valence-corrected chi connectivity index (χ1v) is 29.2. The molecule has 1 amide bonds. The number of ether oxygens (including phenoxy) is 4. The first-order valence-electron chi connectivity index (χ1n) is 29.2. The molecular formula is C60H105NO13. The van der Waals surface area contributed by atoms with Crippen molar-refractivity contribution in [3.63, 3.8) is 0 Å². The van der Waals surface area contributed by atoms with E-state index in [4.69, 9.17) is 18.9 Å². The zero-order chi connectivity index (χ0) is 53.9. The number of aliphatic hydroxyl groups is 8. The molecule has 0 bridgehead atoms. The Morgan fingerprint density at radius 3 is 1.38 bits per heavy atom. The number of unbranched alkanes of at least 4 members (excludes halogenated alkanes) is 23. The third-order valence-electron chi connectivity index (χ3n) is 13.9. The molecule has 2 fully saturated rings. The van der Waals surface area contributed by atoms with Crippen molar-refractivity contribution in [3.05, 3.63) is 72.9 Å². The highest BCUT2D eigenvalue weighted by Crippen LogP contribution is 2.30. The number of hydrogen-bond acceptors (Lipinski definition) is 13. The molecule has 0 aromatic heterocycles. The van der Waals surface area contributed by atoms with Crippen LogP contribution in [0.2, 0.25) is 0 Å². The maximum atomic E-state index is 13.2. The normalized spacial score (nSPS) is 25.8. The molecule has 0 aromatic rings. The summed E-state index contributed by atoms with van der Waals surface area (Å²) < 4.78 is 22.7. The van der Waals surface area contributed by atoms with Crippen molar-refractivity contribution < 1.29 is 64.6 Å². The molecule has 0 radical (unpaired) electrons. The number of carbonyl (C=O) groups is 1. The summed E-state index contributed by atoms with van der Waals surface area (Å²) in [7, 11) is 0. The van der Waals surface area contributed by atoms with Crippen molar-refractivity contribution in [2.45, 2.75) is 280 Å². The van der Waals surface area contributed by atoms with Gasteiger partial charge in [0.15, 0.2) is 12.6 Å². The van der Waals surface area contributed by atoms with Crippen LogP contribution in [0.15, 0.2) is 72.9 Å². The second-order valence-corrected chi connectivity index (χ2v) is 20.4. The molecule has 0 saturated carbocycles. The Balaban J connectivity index is 1.79. The summed E-state index contributed by atoms with van der Waals surface area (Å²) >= 11 is 0. The Morgan fingerprint density at radius 1 is 0.500 bits per heavy atom. The average molecular weight is 1050 g/mol. The van der Waals surface area contributed by atoms with Gasteiger partial charge in [0, 0.05) is 6.42 Å². The number of nitrogens with one attached hydrogen (secondary N) is 1. The molecule has 428 valence electrons. The van der Waals surface area contributed by atoms with Crippen LogP contribution in [0.1, 0.15) is 206 Å². The van der Waals surface area contributed by atoms with Crippen molar-refractivity contribution in [1.82, 2.24) is 5.32 Å². The predicted molar refractivity (Wildman–Crippen MR) is 295 cm³/mol. The van der Waals surface area contributed by atoms with E-state index in [0.717, 1.165) is 51.4 Å². The fraction of sp³-hybridized carbons (Fsp3) is 0.783. The number of rotatable bonds is 45. The van der Waals surface area contributed by atoms with Crippen LogP contribution < -0.4 is 5.32 Å². The smallest absolute Gasteiger partial charge is 0.224 e. The van der Waals surface area contributed by atoms with Crippen molar-refractivity contribution >= 4 is 5.91 Å². The number of carbonyl (C=O) groups excluding carboxylic acids is 1. The van der Waals surface area contributed by atoms with Crippen molar-refractivity contribution in [2.75, 3.05) is 19.8 Å². The van der Waals surface area contributed by atoms with Gasteiger partial charge in [-0.05, 0) is 44.9 Å². The van der Waals surface area contributed by atoms with Crippen LogP contribution in [0.4, 0.5) is 0 Å². The molecule has 0 aromatic carbocycles. The van der Waals surface area contributed by atoms with Crippen molar-refractivity contribution in [2.24, 2.45) is 0 Å². The molecule has 2 rings (SSSR count). The third kappa shape index (κ3) is 31.0. The van der Waals surface area contributed by atoms with E-state index >= 15 is 0 Å². The Bertz CT molecular complexity index is 1520. The van der Waals surface area contributed by atoms with Gasteiger partial charge in [-0.25, -0.2) is 0 Å². The van der Waals surface area contributed by atoms with Gasteiger partial charge in [0.05, 0.1) is 32.0 Å². The summed E-state index contributed by atoms with van der Waals surface area (Å²) in [6, 6.07) is -0.973. The van der Waals surface area contributed by atoms with Gasteiger partial charge in [0.2, 0.25) is 5.91 Å². The quantitative estimate of drug-likeness (QED) is 0.0205. The predicted octanol–water partition coefficient (Wildman–Crippen LogP) is 9.55. The maximum Gasteiger partial charge on any atom is 0.224 e. The van der Waals surface area contributed by atoms with Gasteiger partial charge in [0.1, 0.15) is 48.8 Å². The lowest BCUT2D eigenvalue weighted by Crippen LogP contribution is -2.65. The van der Waals surface area contributed by atoms with Gasteiger partial charge in [-0.1, -0.05) is 228 Å². The van der Waals surface area contributed by atoms with Crippen molar-refractivity contribution in [3.8, 4) is 0 Å². The van der Waals surface area contributed by atoms with E-state index in [2.05, 4.69) is 61.7 Å². The lowest BCUT2D eigenvalue weighted by molar-refractivity contribution is -0.359. The highest BCUT2D eigenvalue weighted by Gasteiger charge is 2.51. The lowest BCUT2D eigenvalue weighted by atomic mass is 9.97. The van der Waals surface area contributed by atoms with Gasteiger partial charge in [0.25, 0.3) is 0 Å². The largest absolute Gasteiger partial charge is 0.394 e. The highest BCUT2D eigenvalue weighted by atomic mass is 16.7. The maximum absolute atomic E-state index is 13.2. The summed E-state index contributed by atoms with van der Waals surface area (Å²) in [6.45, 7) is 2.62. The minimum absolute atomic E-state index is 0.0464. The third-order valence-corrected chi connectivity index (χ3v) is 13.9. The molecule has 12 unspecified atom stereocenters. The zero-order valence-electron chi connectivity index (χ0n) is 45.8. The second kappa shape index (κ2) is 45.4. The molecule has 12 atom stereocenters. The van der Waals surface area contributed by atoms with E-state index in [1.807, 2.05) is 18.2 Å². The summed E-state index contributed by atoms with van der Waals surface area (Å²) in [6.07, 6.45) is 42.7. The van der Waals surface area contributed by atoms with Gasteiger partial charge in [-0.15, -0.1) is 0 Å². The Morgan fingerprint density at radius 2 is 0.919 bits per heavy atom. The van der Waals surface area contributed by atoms with E-state index in [-0.39, 0.29) is 18.9 Å². The standard InChI is InChI=1S/C60H105NO13/c1-3-5-7-9-11-13-15-17-19-20-21-22-23-24-25-26-27-28-30-31-33-35-37-39-41-43-49(64)48(61-52(65)44-42-40-38-36-34-32-29-18-16-14-12-10-8-6-4-2)47-71-59-57(70)55(68)58(51(46-63)73-59)74-60-56(69)54(67)53(66)50(45-62)72-60/h6,8,12,14,18,29,34,36,40-43,48-51,53-60,62-64,66-70H,3-5,7,9-11,13,15-17,19-28,30-33,35,37-39,44-47H2,1-2H3,(H,61,65)/b8-6-,14-12-,29-18-,36-34-,42-40-,43-41+. The van der Waals surface area contributed by atoms with Crippen LogP contribution in [-0.4, -0.2) is 140 Å². The van der Waals surface area contributed by atoms with E-state index < -0.39 is 86.8 Å². The molecule has 74 heavy (non-hydrogen) atoms. The first-order chi connectivity index (χ1) is 36.1. The number of hydrogen-bond donors (Lipinski definition) is 9. The van der Waals surface area contributed by atoms with Crippen LogP contribution in [0.3, 0.4) is 0 Å². The molecule has 2 aliphatic heterocycles. The average Bonchev–Trinajstić information content (AvgIpc) is 3.40. The van der Waals surface area contributed by atoms with Gasteiger partial charge < -0.3 is 65.1 Å². The number of allylic oxidation sites excluding steroid dienone is 10. The van der Waals surface area contributed by atoms with E-state index in [0.29, 0.717) is 6.42 Å². The fourth-order valence-electron chi connectivity index (χ4n) is 9.24. The first kappa shape index (κ1) is 67.5. The molecule has 9 N–H and O–H groups in total. The second-order valence-electron chi connectivity index (χ2n) is 20.4. The number of aliphatic hydroxyl groups excluding tert-OH is 8. The van der Waals surface area contributed by atoms with Crippen LogP contribution in [0.25, 0.3) is 0 Å². The molecule has 2 saturated heterocycles. The summed E-state index contributed by atoms with van der Waals surface area (Å²) in [5, 5.41) is 86.9. The molecule has 14 nitrogen and oxygen atoms in total. The van der Waals surface area contributed by atoms with Gasteiger partial charge >= 0.3 is 0 Å². The minimum Gasteiger partial charge on any atom is -0.394 e. The summed E-state index contributed by atoms with van der Waals surface area (Å²) in [4.78, 5) is 13.2. The lowest BCUT2D eigenvalue weighted by Gasteiger charge is -2.46. The van der Waals surface area contributed by atoms with Crippen LogP contribution in [0.5, 0.6) is 0 Å². The van der Waals surface area contributed by atoms with E-state index in [1.165, 1.54) is 128 Å². The molecule has 2 heterocycles. The molecule has 0 aliphatic carbocycles. The van der Waals surface area contributed by atoms with Crippen LogP contribution in [-0.2, 0) is 23.7 Å². The monoisotopic (exact) mass is 1050 g/mol. The van der Waals surface area contributed by atoms with E-state index in [9.17, 15) is 45.6 Å². The Kier molecular flexibility index (Phi) is 41.5. The Hall–Kier alpha value is -2.57. The molecular weight excluding hydrogens is 943 g/mol. The molecule has 0 spiro atoms. The molecule has 14 heteroatoms. The summed E-state index contributed by atoms with van der Waals surface area (Å²) in [5.41, 5.74) is 0. The number of amides is 1. The topological polar surface area (TPSA) is 228 Å². The Labute approximate surface area is 447 Å². The van der Waals surface area contributed by atoms with Crippen LogP contribution in [0, 0.1) is 0 Å². The summed E-state index contributed by atoms with van der Waals surface area (Å²) in [5.74, 6) is -0.367. The van der Waals surface area contributed by atoms with E-state index in [1.54, 1.807) is 12.2 Å².